The van der Waals surface area contributed by atoms with Crippen molar-refractivity contribution in [1.82, 2.24) is 15.3 Å². The number of thiocarbonyl (C=S) groups is 1. The summed E-state index contributed by atoms with van der Waals surface area (Å²) in [5.41, 5.74) is 1.03. The second kappa shape index (κ2) is 11.2. The molecule has 0 bridgehead atoms. The minimum atomic E-state index is 0.388. The number of furan rings is 1. The molecule has 2 aromatic carbocycles. The SMILES string of the molecule is C[C@H]1CCCN(c2cc(Oc3ccccc3)nc(NC(=S)NCc3ccc(-c4ccccc4)o3)n2)C1. The van der Waals surface area contributed by atoms with Gasteiger partial charge in [0.15, 0.2) is 5.11 Å². The van der Waals surface area contributed by atoms with Crippen LogP contribution in [0.2, 0.25) is 0 Å². The molecule has 0 radical (unpaired) electrons. The number of rotatable bonds is 7. The maximum Gasteiger partial charge on any atom is 0.234 e. The molecule has 2 aromatic heterocycles. The van der Waals surface area contributed by atoms with Gasteiger partial charge in [0.05, 0.1) is 6.54 Å². The lowest BCUT2D eigenvalue weighted by molar-refractivity contribution is 0.440. The summed E-state index contributed by atoms with van der Waals surface area (Å²) < 4.78 is 12.0. The van der Waals surface area contributed by atoms with E-state index in [1.807, 2.05) is 78.9 Å². The van der Waals surface area contributed by atoms with E-state index in [4.69, 9.17) is 26.4 Å². The third kappa shape index (κ3) is 6.20. The molecule has 2 N–H and O–H groups in total. The molecule has 1 atom stereocenters. The van der Waals surface area contributed by atoms with Crippen molar-refractivity contribution in [1.29, 1.82) is 0 Å². The largest absolute Gasteiger partial charge is 0.459 e. The van der Waals surface area contributed by atoms with Crippen LogP contribution in [0, 0.1) is 5.92 Å². The summed E-state index contributed by atoms with van der Waals surface area (Å²) in [5, 5.41) is 6.70. The van der Waals surface area contributed by atoms with Gasteiger partial charge in [-0.3, -0.25) is 0 Å². The van der Waals surface area contributed by atoms with Crippen LogP contribution in [-0.2, 0) is 6.54 Å². The molecule has 1 saturated heterocycles. The van der Waals surface area contributed by atoms with Crippen LogP contribution >= 0.6 is 12.2 Å². The molecule has 7 nitrogen and oxygen atoms in total. The number of nitrogens with one attached hydrogen (secondary N) is 2. The van der Waals surface area contributed by atoms with E-state index in [-0.39, 0.29) is 0 Å². The third-order valence-electron chi connectivity index (χ3n) is 6.00. The van der Waals surface area contributed by atoms with Crippen molar-refractivity contribution in [3.05, 3.63) is 84.6 Å². The summed E-state index contributed by atoms with van der Waals surface area (Å²) in [6.45, 7) is 4.61. The fraction of sp³-hybridized carbons (Fsp3) is 0.250. The number of hydrogen-bond acceptors (Lipinski definition) is 6. The average Bonchev–Trinajstić information content (AvgIpc) is 3.38. The molecule has 8 heteroatoms. The van der Waals surface area contributed by atoms with Crippen molar-refractivity contribution < 1.29 is 9.15 Å². The lowest BCUT2D eigenvalue weighted by Crippen LogP contribution is -2.35. The van der Waals surface area contributed by atoms with E-state index >= 15 is 0 Å². The van der Waals surface area contributed by atoms with Gasteiger partial charge in [-0.25, -0.2) is 0 Å². The van der Waals surface area contributed by atoms with Crippen LogP contribution in [0.5, 0.6) is 11.6 Å². The van der Waals surface area contributed by atoms with Crippen LogP contribution in [0.15, 0.2) is 83.3 Å². The number of aromatic nitrogens is 2. The first-order valence-corrected chi connectivity index (χ1v) is 12.6. The lowest BCUT2D eigenvalue weighted by Gasteiger charge is -2.32. The van der Waals surface area contributed by atoms with E-state index in [1.54, 1.807) is 0 Å². The first-order valence-electron chi connectivity index (χ1n) is 12.2. The normalized spacial score (nSPS) is 15.4. The average molecular weight is 500 g/mol. The first-order chi connectivity index (χ1) is 17.6. The summed E-state index contributed by atoms with van der Waals surface area (Å²) in [6, 6.07) is 25.4. The second-order valence-corrected chi connectivity index (χ2v) is 9.34. The number of hydrogen-bond donors (Lipinski definition) is 2. The molecule has 1 fully saturated rings. The number of benzene rings is 2. The van der Waals surface area contributed by atoms with Crippen LogP contribution in [0.25, 0.3) is 11.3 Å². The predicted octanol–water partition coefficient (Wildman–Crippen LogP) is 6.25. The molecule has 3 heterocycles. The summed E-state index contributed by atoms with van der Waals surface area (Å²) in [7, 11) is 0. The van der Waals surface area contributed by atoms with Gasteiger partial charge >= 0.3 is 0 Å². The van der Waals surface area contributed by atoms with Crippen LogP contribution < -0.4 is 20.3 Å². The number of ether oxygens (including phenoxy) is 1. The number of para-hydroxylation sites is 1. The number of anilines is 2. The van der Waals surface area contributed by atoms with Gasteiger partial charge in [0.25, 0.3) is 0 Å². The molecule has 1 aliphatic heterocycles. The Balaban J connectivity index is 1.28. The van der Waals surface area contributed by atoms with Crippen LogP contribution in [-0.4, -0.2) is 28.2 Å². The summed E-state index contributed by atoms with van der Waals surface area (Å²) >= 11 is 5.53. The Labute approximate surface area is 216 Å². The standard InChI is InChI=1S/C28H29N5O2S/c1-20-9-8-16-33(19-20)25-17-26(35-22-12-6-3-7-13-22)31-27(30-25)32-28(36)29-18-23-14-15-24(34-23)21-10-4-2-5-11-21/h2-7,10-15,17,20H,8-9,16,18-19H2,1H3,(H2,29,30,31,32,36)/t20-/m0/s1. The highest BCUT2D eigenvalue weighted by atomic mass is 32.1. The summed E-state index contributed by atoms with van der Waals surface area (Å²) in [5.74, 6) is 4.61. The number of piperidine rings is 1. The molecule has 0 amide bonds. The van der Waals surface area contributed by atoms with E-state index in [9.17, 15) is 0 Å². The molecule has 184 valence electrons. The van der Waals surface area contributed by atoms with Crippen LogP contribution in [0.3, 0.4) is 0 Å². The lowest BCUT2D eigenvalue weighted by atomic mass is 10.0. The van der Waals surface area contributed by atoms with Crippen molar-refractivity contribution in [2.24, 2.45) is 5.92 Å². The predicted molar refractivity (Wildman–Crippen MR) is 146 cm³/mol. The molecule has 0 saturated carbocycles. The molecular formula is C28H29N5O2S. The highest BCUT2D eigenvalue weighted by Gasteiger charge is 2.20. The minimum absolute atomic E-state index is 0.388. The molecule has 0 aliphatic carbocycles. The van der Waals surface area contributed by atoms with Crippen molar-refractivity contribution >= 4 is 29.1 Å². The van der Waals surface area contributed by atoms with Crippen molar-refractivity contribution in [3.63, 3.8) is 0 Å². The third-order valence-corrected chi connectivity index (χ3v) is 6.25. The minimum Gasteiger partial charge on any atom is -0.459 e. The van der Waals surface area contributed by atoms with E-state index < -0.39 is 0 Å². The molecule has 0 unspecified atom stereocenters. The monoisotopic (exact) mass is 499 g/mol. The zero-order valence-electron chi connectivity index (χ0n) is 20.2. The zero-order chi connectivity index (χ0) is 24.7. The maximum absolute atomic E-state index is 6.04. The Morgan fingerprint density at radius 2 is 1.83 bits per heavy atom. The molecule has 4 aromatic rings. The number of nitrogens with zero attached hydrogens (tertiary/aromatic N) is 3. The van der Waals surface area contributed by atoms with E-state index in [2.05, 4.69) is 27.4 Å². The van der Waals surface area contributed by atoms with Gasteiger partial charge in [-0.2, -0.15) is 9.97 Å². The van der Waals surface area contributed by atoms with Gasteiger partial charge in [0.2, 0.25) is 11.8 Å². The van der Waals surface area contributed by atoms with Gasteiger partial charge in [0, 0.05) is 24.7 Å². The van der Waals surface area contributed by atoms with Crippen LogP contribution in [0.4, 0.5) is 11.8 Å². The Morgan fingerprint density at radius 3 is 2.61 bits per heavy atom. The van der Waals surface area contributed by atoms with Gasteiger partial charge in [0.1, 0.15) is 23.1 Å². The van der Waals surface area contributed by atoms with Gasteiger partial charge < -0.3 is 24.7 Å². The summed E-state index contributed by atoms with van der Waals surface area (Å²) in [6.07, 6.45) is 2.36. The molecule has 36 heavy (non-hydrogen) atoms. The second-order valence-electron chi connectivity index (χ2n) is 8.94. The van der Waals surface area contributed by atoms with E-state index in [0.29, 0.717) is 35.2 Å². The van der Waals surface area contributed by atoms with E-state index in [0.717, 1.165) is 42.4 Å². The summed E-state index contributed by atoms with van der Waals surface area (Å²) in [4.78, 5) is 11.6. The molecule has 0 spiro atoms. The topological polar surface area (TPSA) is 75.5 Å². The molecular weight excluding hydrogens is 470 g/mol. The Hall–Kier alpha value is -3.91. The highest BCUT2D eigenvalue weighted by Crippen LogP contribution is 2.28. The van der Waals surface area contributed by atoms with Crippen LogP contribution in [0.1, 0.15) is 25.5 Å². The Kier molecular flexibility index (Phi) is 7.42. The van der Waals surface area contributed by atoms with Crippen molar-refractivity contribution in [2.75, 3.05) is 23.3 Å². The zero-order valence-corrected chi connectivity index (χ0v) is 21.0. The smallest absolute Gasteiger partial charge is 0.234 e. The molecule has 5 rings (SSSR count). The van der Waals surface area contributed by atoms with Gasteiger partial charge in [-0.1, -0.05) is 55.5 Å². The molecule has 1 aliphatic rings. The highest BCUT2D eigenvalue weighted by molar-refractivity contribution is 7.80. The van der Waals surface area contributed by atoms with Gasteiger partial charge in [-0.05, 0) is 55.2 Å². The fourth-order valence-electron chi connectivity index (χ4n) is 4.23. The Bertz CT molecular complexity index is 1300. The van der Waals surface area contributed by atoms with E-state index in [1.165, 1.54) is 6.42 Å². The van der Waals surface area contributed by atoms with Crippen molar-refractivity contribution in [3.8, 4) is 23.0 Å². The fourth-order valence-corrected chi connectivity index (χ4v) is 4.40. The maximum atomic E-state index is 6.04. The van der Waals surface area contributed by atoms with Gasteiger partial charge in [-0.15, -0.1) is 0 Å². The van der Waals surface area contributed by atoms with Crippen molar-refractivity contribution in [2.45, 2.75) is 26.3 Å². The first kappa shape index (κ1) is 23.8. The Morgan fingerprint density at radius 1 is 1.06 bits per heavy atom. The quantitative estimate of drug-likeness (QED) is 0.289.